The molecule has 0 unspecified atom stereocenters. The first-order valence-electron chi connectivity index (χ1n) is 9.06. The van der Waals surface area contributed by atoms with Gasteiger partial charge in [0.25, 0.3) is 5.91 Å². The monoisotopic (exact) mass is 432 g/mol. The Morgan fingerprint density at radius 3 is 3.04 bits per heavy atom. The summed E-state index contributed by atoms with van der Waals surface area (Å²) in [6, 6.07) is 5.78. The van der Waals surface area contributed by atoms with Crippen LogP contribution in [0, 0.1) is 6.92 Å². The number of hydrogen-bond acceptors (Lipinski definition) is 4. The Morgan fingerprint density at radius 2 is 2.19 bits per heavy atom. The number of fused-ring (bicyclic) bond motifs is 2. The molecular formula is C20H21BrN2O2S. The van der Waals surface area contributed by atoms with Crippen molar-refractivity contribution in [2.75, 3.05) is 6.54 Å². The van der Waals surface area contributed by atoms with Crippen molar-refractivity contribution in [3.8, 4) is 0 Å². The molecule has 2 aromatic heterocycles. The third kappa shape index (κ3) is 3.58. The highest BCUT2D eigenvalue weighted by Crippen LogP contribution is 2.28. The Kier molecular flexibility index (Phi) is 5.14. The van der Waals surface area contributed by atoms with E-state index in [2.05, 4.69) is 21.2 Å². The first kappa shape index (κ1) is 17.7. The predicted octanol–water partition coefficient (Wildman–Crippen LogP) is 5.20. The van der Waals surface area contributed by atoms with E-state index in [4.69, 9.17) is 9.40 Å². The van der Waals surface area contributed by atoms with E-state index in [0.717, 1.165) is 40.3 Å². The van der Waals surface area contributed by atoms with Crippen LogP contribution in [0.5, 0.6) is 0 Å². The molecule has 6 heteroatoms. The molecule has 0 saturated heterocycles. The maximum atomic E-state index is 12.5. The third-order valence-electron chi connectivity index (χ3n) is 4.85. The Bertz CT molecular complexity index is 937. The lowest BCUT2D eigenvalue weighted by atomic mass is 10.0. The van der Waals surface area contributed by atoms with E-state index >= 15 is 0 Å². The van der Waals surface area contributed by atoms with E-state index in [0.29, 0.717) is 12.3 Å². The van der Waals surface area contributed by atoms with Crippen molar-refractivity contribution in [3.05, 3.63) is 49.6 Å². The van der Waals surface area contributed by atoms with Gasteiger partial charge in [-0.15, -0.1) is 11.3 Å². The van der Waals surface area contributed by atoms with Crippen LogP contribution < -0.4 is 5.32 Å². The molecule has 4 nitrogen and oxygen atoms in total. The molecule has 3 aromatic rings. The van der Waals surface area contributed by atoms with Gasteiger partial charge in [-0.2, -0.15) is 0 Å². The summed E-state index contributed by atoms with van der Waals surface area (Å²) in [6.45, 7) is 2.55. The molecule has 26 heavy (non-hydrogen) atoms. The summed E-state index contributed by atoms with van der Waals surface area (Å²) in [5, 5.41) is 5.15. The van der Waals surface area contributed by atoms with Crippen molar-refractivity contribution in [1.29, 1.82) is 0 Å². The van der Waals surface area contributed by atoms with Crippen molar-refractivity contribution in [2.45, 2.75) is 45.4 Å². The van der Waals surface area contributed by atoms with E-state index in [9.17, 15) is 4.79 Å². The van der Waals surface area contributed by atoms with Crippen LogP contribution in [0.4, 0.5) is 0 Å². The number of nitrogens with one attached hydrogen (secondary N) is 1. The summed E-state index contributed by atoms with van der Waals surface area (Å²) >= 11 is 5.31. The molecule has 0 spiro atoms. The maximum Gasteiger partial charge on any atom is 0.287 e. The lowest BCUT2D eigenvalue weighted by molar-refractivity contribution is 0.0927. The second-order valence-corrected chi connectivity index (χ2v) is 8.82. The van der Waals surface area contributed by atoms with Crippen molar-refractivity contribution < 1.29 is 9.21 Å². The van der Waals surface area contributed by atoms with Crippen LogP contribution in [0.15, 0.2) is 27.1 Å². The first-order chi connectivity index (χ1) is 12.6. The minimum absolute atomic E-state index is 0.145. The molecule has 1 amide bonds. The highest BCUT2D eigenvalue weighted by atomic mass is 79.9. The van der Waals surface area contributed by atoms with Gasteiger partial charge in [0.1, 0.15) is 5.58 Å². The molecule has 0 radical (unpaired) electrons. The molecule has 0 fully saturated rings. The van der Waals surface area contributed by atoms with Gasteiger partial charge in [0.2, 0.25) is 0 Å². The summed E-state index contributed by atoms with van der Waals surface area (Å²) in [6.07, 6.45) is 6.68. The average molecular weight is 433 g/mol. The zero-order chi connectivity index (χ0) is 18.1. The average Bonchev–Trinajstić information content (AvgIpc) is 3.19. The fourth-order valence-corrected chi connectivity index (χ4v) is 5.00. The lowest BCUT2D eigenvalue weighted by Crippen LogP contribution is -2.24. The zero-order valence-electron chi connectivity index (χ0n) is 14.7. The van der Waals surface area contributed by atoms with Gasteiger partial charge in [-0.05, 0) is 57.2 Å². The number of furan rings is 1. The van der Waals surface area contributed by atoms with Gasteiger partial charge < -0.3 is 9.73 Å². The number of aromatic nitrogens is 1. The van der Waals surface area contributed by atoms with Crippen LogP contribution in [-0.4, -0.2) is 17.4 Å². The topological polar surface area (TPSA) is 55.1 Å². The molecule has 0 aliphatic heterocycles. The second kappa shape index (κ2) is 7.53. The smallest absolute Gasteiger partial charge is 0.287 e. The summed E-state index contributed by atoms with van der Waals surface area (Å²) in [5.74, 6) is 0.260. The van der Waals surface area contributed by atoms with Crippen molar-refractivity contribution in [3.63, 3.8) is 0 Å². The van der Waals surface area contributed by atoms with Crippen molar-refractivity contribution in [2.24, 2.45) is 0 Å². The summed E-state index contributed by atoms with van der Waals surface area (Å²) in [4.78, 5) is 18.7. The van der Waals surface area contributed by atoms with Crippen LogP contribution >= 0.6 is 27.3 Å². The standard InChI is InChI=1S/C20H21BrN2O2S/c1-12-14-11-13(21)8-9-16(14)25-19(12)20(24)22-10-4-7-18-23-15-5-2-3-6-17(15)26-18/h8-9,11H,2-7,10H2,1H3,(H,22,24). The largest absolute Gasteiger partial charge is 0.451 e. The van der Waals surface area contributed by atoms with Gasteiger partial charge in [-0.1, -0.05) is 15.9 Å². The van der Waals surface area contributed by atoms with Crippen LogP contribution in [0.3, 0.4) is 0 Å². The van der Waals surface area contributed by atoms with Gasteiger partial charge in [0, 0.05) is 33.3 Å². The number of benzene rings is 1. The number of carbonyl (C=O) groups excluding carboxylic acids is 1. The Hall–Kier alpha value is -1.66. The SMILES string of the molecule is Cc1c(C(=O)NCCCc2nc3c(s2)CCCC3)oc2ccc(Br)cc12. The number of hydrogen-bond donors (Lipinski definition) is 1. The number of aryl methyl sites for hydroxylation is 4. The molecule has 4 rings (SSSR count). The fourth-order valence-electron chi connectivity index (χ4n) is 3.44. The van der Waals surface area contributed by atoms with Crippen LogP contribution in [0.25, 0.3) is 11.0 Å². The molecule has 0 saturated carbocycles. The van der Waals surface area contributed by atoms with E-state index in [1.165, 1.54) is 34.8 Å². The van der Waals surface area contributed by atoms with Gasteiger partial charge in [-0.3, -0.25) is 4.79 Å². The van der Waals surface area contributed by atoms with Gasteiger partial charge in [0.05, 0.1) is 10.7 Å². The zero-order valence-corrected chi connectivity index (χ0v) is 17.1. The van der Waals surface area contributed by atoms with E-state index in [1.54, 1.807) is 0 Å². The van der Waals surface area contributed by atoms with Crippen molar-refractivity contribution >= 4 is 44.1 Å². The molecule has 1 aliphatic carbocycles. The molecule has 0 atom stereocenters. The number of thiazole rings is 1. The Balaban J connectivity index is 1.34. The molecule has 0 bridgehead atoms. The highest BCUT2D eigenvalue weighted by molar-refractivity contribution is 9.10. The van der Waals surface area contributed by atoms with Gasteiger partial charge in [0.15, 0.2) is 5.76 Å². The quantitative estimate of drug-likeness (QED) is 0.563. The van der Waals surface area contributed by atoms with E-state index in [1.807, 2.05) is 36.5 Å². The van der Waals surface area contributed by atoms with Crippen LogP contribution in [0.1, 0.15) is 51.0 Å². The number of rotatable bonds is 5. The predicted molar refractivity (Wildman–Crippen MR) is 108 cm³/mol. The van der Waals surface area contributed by atoms with E-state index in [-0.39, 0.29) is 5.91 Å². The molecule has 1 N–H and O–H groups in total. The molecule has 136 valence electrons. The number of nitrogens with zero attached hydrogens (tertiary/aromatic N) is 1. The van der Waals surface area contributed by atoms with Crippen LogP contribution in [0.2, 0.25) is 0 Å². The number of halogens is 1. The molecule has 2 heterocycles. The molecule has 1 aliphatic rings. The summed E-state index contributed by atoms with van der Waals surface area (Å²) in [7, 11) is 0. The highest BCUT2D eigenvalue weighted by Gasteiger charge is 2.18. The van der Waals surface area contributed by atoms with Crippen molar-refractivity contribution in [1.82, 2.24) is 10.3 Å². The summed E-state index contributed by atoms with van der Waals surface area (Å²) in [5.41, 5.74) is 2.93. The van der Waals surface area contributed by atoms with Gasteiger partial charge >= 0.3 is 0 Å². The number of amides is 1. The third-order valence-corrected chi connectivity index (χ3v) is 6.56. The lowest BCUT2D eigenvalue weighted by Gasteiger charge is -2.06. The minimum atomic E-state index is -0.145. The Morgan fingerprint density at radius 1 is 1.35 bits per heavy atom. The summed E-state index contributed by atoms with van der Waals surface area (Å²) < 4.78 is 6.72. The first-order valence-corrected chi connectivity index (χ1v) is 10.7. The Labute approximate surface area is 165 Å². The maximum absolute atomic E-state index is 12.5. The molecule has 1 aromatic carbocycles. The van der Waals surface area contributed by atoms with Crippen LogP contribution in [-0.2, 0) is 19.3 Å². The fraction of sp³-hybridized carbons (Fsp3) is 0.400. The number of carbonyl (C=O) groups is 1. The second-order valence-electron chi connectivity index (χ2n) is 6.74. The van der Waals surface area contributed by atoms with E-state index < -0.39 is 0 Å². The minimum Gasteiger partial charge on any atom is -0.451 e. The van der Waals surface area contributed by atoms with Gasteiger partial charge in [-0.25, -0.2) is 4.98 Å². The molecular weight excluding hydrogens is 412 g/mol. The normalized spacial score (nSPS) is 13.8.